The highest BCUT2D eigenvalue weighted by Gasteiger charge is 2.11. The van der Waals surface area contributed by atoms with Crippen LogP contribution in [0.15, 0.2) is 72.9 Å². The third kappa shape index (κ3) is 4.35. The summed E-state index contributed by atoms with van der Waals surface area (Å²) in [7, 11) is 0. The van der Waals surface area contributed by atoms with E-state index in [9.17, 15) is 0 Å². The van der Waals surface area contributed by atoms with Crippen LogP contribution >= 0.6 is 35.4 Å². The minimum Gasteiger partial charge on any atom is -0.332 e. The van der Waals surface area contributed by atoms with Crippen LogP contribution in [0.4, 0.5) is 11.4 Å². The molecule has 3 aromatic carbocycles. The molecule has 0 unspecified atom stereocenters. The molecule has 0 saturated carbocycles. The van der Waals surface area contributed by atoms with Crippen LogP contribution in [-0.2, 0) is 0 Å². The first-order valence-corrected chi connectivity index (χ1v) is 10.2. The van der Waals surface area contributed by atoms with Gasteiger partial charge in [0.05, 0.1) is 21.4 Å². The Morgan fingerprint density at radius 1 is 0.897 bits per heavy atom. The molecule has 4 rings (SSSR count). The summed E-state index contributed by atoms with van der Waals surface area (Å²) in [6, 6.07) is 21.5. The first-order chi connectivity index (χ1) is 14.0. The van der Waals surface area contributed by atoms with E-state index >= 15 is 0 Å². The number of aromatic nitrogens is 1. The number of nitrogens with zero attached hydrogens (tertiary/aromatic N) is 1. The monoisotopic (exact) mass is 437 g/mol. The highest BCUT2D eigenvalue weighted by Crippen LogP contribution is 2.34. The van der Waals surface area contributed by atoms with Gasteiger partial charge in [-0.25, -0.2) is 0 Å². The number of anilines is 2. The number of halogens is 2. The summed E-state index contributed by atoms with van der Waals surface area (Å²) in [6.07, 6.45) is 1.79. The van der Waals surface area contributed by atoms with Gasteiger partial charge in [-0.2, -0.15) is 0 Å². The number of fused-ring (bicyclic) bond motifs is 1. The predicted molar refractivity (Wildman–Crippen MR) is 128 cm³/mol. The predicted octanol–water partition coefficient (Wildman–Crippen LogP) is 7.33. The topological polar surface area (TPSA) is 37.0 Å². The molecule has 1 heterocycles. The lowest BCUT2D eigenvalue weighted by atomic mass is 10.0. The van der Waals surface area contributed by atoms with Gasteiger partial charge in [-0.1, -0.05) is 53.5 Å². The quantitative estimate of drug-likeness (QED) is 0.329. The highest BCUT2D eigenvalue weighted by molar-refractivity contribution is 7.80. The van der Waals surface area contributed by atoms with Gasteiger partial charge < -0.3 is 10.6 Å². The fourth-order valence-corrected chi connectivity index (χ4v) is 3.74. The van der Waals surface area contributed by atoms with Crippen LogP contribution in [0.25, 0.3) is 22.0 Å². The lowest BCUT2D eigenvalue weighted by Gasteiger charge is -2.14. The zero-order valence-electron chi connectivity index (χ0n) is 15.5. The van der Waals surface area contributed by atoms with Crippen molar-refractivity contribution >= 4 is 62.7 Å². The summed E-state index contributed by atoms with van der Waals surface area (Å²) in [5.41, 5.74) is 4.33. The fourth-order valence-electron chi connectivity index (χ4n) is 3.14. The van der Waals surface area contributed by atoms with E-state index in [-0.39, 0.29) is 0 Å². The van der Waals surface area contributed by atoms with Crippen LogP contribution in [0.5, 0.6) is 0 Å². The third-order valence-electron chi connectivity index (χ3n) is 4.52. The number of benzene rings is 3. The molecule has 6 heteroatoms. The molecule has 144 valence electrons. The van der Waals surface area contributed by atoms with Crippen LogP contribution in [-0.4, -0.2) is 10.1 Å². The van der Waals surface area contributed by atoms with E-state index in [0.29, 0.717) is 15.2 Å². The molecule has 29 heavy (non-hydrogen) atoms. The first kappa shape index (κ1) is 19.6. The molecule has 0 saturated heterocycles. The number of hydrogen-bond donors (Lipinski definition) is 2. The van der Waals surface area contributed by atoms with Crippen LogP contribution in [0.2, 0.25) is 10.0 Å². The molecule has 0 spiro atoms. The molecule has 0 fully saturated rings. The minimum absolute atomic E-state index is 0.441. The van der Waals surface area contributed by atoms with Gasteiger partial charge in [0.2, 0.25) is 0 Å². The molecule has 0 amide bonds. The van der Waals surface area contributed by atoms with Crippen molar-refractivity contribution in [2.24, 2.45) is 0 Å². The number of hydrogen-bond acceptors (Lipinski definition) is 2. The summed E-state index contributed by atoms with van der Waals surface area (Å²) >= 11 is 18.2. The maximum Gasteiger partial charge on any atom is 0.175 e. The zero-order valence-corrected chi connectivity index (χ0v) is 17.9. The molecule has 0 bridgehead atoms. The molecule has 0 aliphatic rings. The van der Waals surface area contributed by atoms with Gasteiger partial charge >= 0.3 is 0 Å². The zero-order chi connectivity index (χ0) is 20.4. The van der Waals surface area contributed by atoms with Crippen molar-refractivity contribution < 1.29 is 0 Å². The normalized spacial score (nSPS) is 10.7. The van der Waals surface area contributed by atoms with Crippen molar-refractivity contribution in [3.63, 3.8) is 0 Å². The second kappa shape index (κ2) is 8.37. The van der Waals surface area contributed by atoms with Crippen molar-refractivity contribution in [1.29, 1.82) is 0 Å². The van der Waals surface area contributed by atoms with Crippen LogP contribution in [0.1, 0.15) is 5.56 Å². The van der Waals surface area contributed by atoms with Gasteiger partial charge in [0.25, 0.3) is 0 Å². The molecule has 0 atom stereocenters. The van der Waals surface area contributed by atoms with Crippen molar-refractivity contribution in [3.05, 3.63) is 88.5 Å². The number of aryl methyl sites for hydroxylation is 1. The van der Waals surface area contributed by atoms with Crippen molar-refractivity contribution in [2.45, 2.75) is 6.92 Å². The Morgan fingerprint density at radius 2 is 1.69 bits per heavy atom. The summed E-state index contributed by atoms with van der Waals surface area (Å²) in [5.74, 6) is 0. The molecule has 3 nitrogen and oxygen atoms in total. The van der Waals surface area contributed by atoms with Crippen molar-refractivity contribution in [1.82, 2.24) is 4.98 Å². The lowest BCUT2D eigenvalue weighted by Crippen LogP contribution is -2.19. The summed E-state index contributed by atoms with van der Waals surface area (Å²) < 4.78 is 0. The third-order valence-corrected chi connectivity index (χ3v) is 5.39. The standard InChI is InChI=1S/C23H17Cl2N3S/c1-14-6-8-20(25)21(12-14)28-23(29)27-16-7-9-19(24)18(13-16)22-17-5-3-2-4-15(17)10-11-26-22/h2-13H,1H3,(H2,27,28,29). The van der Waals surface area contributed by atoms with Gasteiger partial charge in [-0.15, -0.1) is 0 Å². The number of nitrogens with one attached hydrogen (secondary N) is 2. The van der Waals surface area contributed by atoms with Gasteiger partial charge in [0, 0.05) is 22.8 Å². The van der Waals surface area contributed by atoms with Gasteiger partial charge in [-0.05, 0) is 66.5 Å². The Kier molecular flexibility index (Phi) is 5.67. The van der Waals surface area contributed by atoms with Gasteiger partial charge in [0.1, 0.15) is 0 Å². The Labute approximate surface area is 184 Å². The average molecular weight is 438 g/mol. The number of rotatable bonds is 3. The van der Waals surface area contributed by atoms with E-state index in [1.807, 2.05) is 67.6 Å². The summed E-state index contributed by atoms with van der Waals surface area (Å²) in [5, 5.41) is 10.2. The number of thiocarbonyl (C=S) groups is 1. The van der Waals surface area contributed by atoms with E-state index in [0.717, 1.165) is 39.0 Å². The highest BCUT2D eigenvalue weighted by atomic mass is 35.5. The molecule has 0 radical (unpaired) electrons. The molecule has 1 aromatic heterocycles. The van der Waals surface area contributed by atoms with Crippen LogP contribution in [0, 0.1) is 6.92 Å². The van der Waals surface area contributed by atoms with Crippen molar-refractivity contribution in [2.75, 3.05) is 10.6 Å². The maximum absolute atomic E-state index is 6.50. The van der Waals surface area contributed by atoms with Crippen LogP contribution < -0.4 is 10.6 Å². The van der Waals surface area contributed by atoms with E-state index in [1.165, 1.54) is 0 Å². The molecular weight excluding hydrogens is 421 g/mol. The van der Waals surface area contributed by atoms with Gasteiger partial charge in [-0.3, -0.25) is 4.98 Å². The molecular formula is C23H17Cl2N3S. The van der Waals surface area contributed by atoms with Crippen LogP contribution in [0.3, 0.4) is 0 Å². The van der Waals surface area contributed by atoms with E-state index in [2.05, 4.69) is 21.7 Å². The van der Waals surface area contributed by atoms with Crippen molar-refractivity contribution in [3.8, 4) is 11.3 Å². The second-order valence-corrected chi connectivity index (χ2v) is 7.86. The Morgan fingerprint density at radius 3 is 2.55 bits per heavy atom. The minimum atomic E-state index is 0.441. The Bertz CT molecular complexity index is 1220. The fraction of sp³-hybridized carbons (Fsp3) is 0.0435. The first-order valence-electron chi connectivity index (χ1n) is 8.99. The lowest BCUT2D eigenvalue weighted by molar-refractivity contribution is 1.36. The average Bonchev–Trinajstić information content (AvgIpc) is 2.72. The van der Waals surface area contributed by atoms with E-state index in [4.69, 9.17) is 35.4 Å². The SMILES string of the molecule is Cc1ccc(Cl)c(NC(=S)Nc2ccc(Cl)c(-c3nccc4ccccc34)c2)c1. The summed E-state index contributed by atoms with van der Waals surface area (Å²) in [6.45, 7) is 2.00. The second-order valence-electron chi connectivity index (χ2n) is 6.64. The van der Waals surface area contributed by atoms with Gasteiger partial charge in [0.15, 0.2) is 5.11 Å². The molecule has 0 aliphatic carbocycles. The summed E-state index contributed by atoms with van der Waals surface area (Å²) in [4.78, 5) is 4.57. The smallest absolute Gasteiger partial charge is 0.175 e. The van der Waals surface area contributed by atoms with E-state index < -0.39 is 0 Å². The molecule has 2 N–H and O–H groups in total. The maximum atomic E-state index is 6.50. The Hall–Kier alpha value is -2.66. The Balaban J connectivity index is 1.63. The number of pyridine rings is 1. The largest absolute Gasteiger partial charge is 0.332 e. The molecule has 4 aromatic rings. The molecule has 0 aliphatic heterocycles. The van der Waals surface area contributed by atoms with E-state index in [1.54, 1.807) is 6.20 Å².